The Balaban J connectivity index is 1.75. The van der Waals surface area contributed by atoms with Gasteiger partial charge in [0.15, 0.2) is 5.82 Å². The number of anilines is 3. The second-order valence-corrected chi connectivity index (χ2v) is 5.99. The summed E-state index contributed by atoms with van der Waals surface area (Å²) in [4.78, 5) is 16.7. The van der Waals surface area contributed by atoms with Gasteiger partial charge >= 0.3 is 0 Å². The number of hydrogen-bond donors (Lipinski definition) is 2. The van der Waals surface area contributed by atoms with E-state index in [4.69, 9.17) is 9.26 Å². The van der Waals surface area contributed by atoms with Crippen molar-refractivity contribution in [1.29, 1.82) is 0 Å². The van der Waals surface area contributed by atoms with E-state index in [-0.39, 0.29) is 17.7 Å². The van der Waals surface area contributed by atoms with E-state index in [2.05, 4.69) is 20.8 Å². The van der Waals surface area contributed by atoms with E-state index in [0.717, 1.165) is 0 Å². The van der Waals surface area contributed by atoms with Gasteiger partial charge in [0.2, 0.25) is 0 Å². The van der Waals surface area contributed by atoms with Crippen molar-refractivity contribution in [2.45, 2.75) is 26.9 Å². The maximum atomic E-state index is 12.6. The second kappa shape index (κ2) is 7.69. The predicted molar refractivity (Wildman–Crippen MR) is 98.9 cm³/mol. The summed E-state index contributed by atoms with van der Waals surface area (Å²) in [5.74, 6) is 1.55. The van der Waals surface area contributed by atoms with Gasteiger partial charge in [-0.05, 0) is 45.0 Å². The first-order valence-electron chi connectivity index (χ1n) is 8.24. The fourth-order valence-electron chi connectivity index (χ4n) is 2.32. The highest BCUT2D eigenvalue weighted by Gasteiger charge is 2.13. The number of carbonyl (C=O) groups excluding carboxylic acids is 1. The maximum absolute atomic E-state index is 12.6. The summed E-state index contributed by atoms with van der Waals surface area (Å²) in [5.41, 5.74) is 1.55. The van der Waals surface area contributed by atoms with Crippen LogP contribution in [0.1, 0.15) is 30.1 Å². The lowest BCUT2D eigenvalue weighted by molar-refractivity contribution is 0.102. The number of para-hydroxylation sites is 2. The fraction of sp³-hybridized carbons (Fsp3) is 0.211. The van der Waals surface area contributed by atoms with Crippen molar-refractivity contribution >= 4 is 23.1 Å². The average molecular weight is 352 g/mol. The summed E-state index contributed by atoms with van der Waals surface area (Å²) in [6.07, 6.45) is 1.56. The third-order valence-electron chi connectivity index (χ3n) is 3.39. The molecule has 0 aliphatic rings. The Morgan fingerprint density at radius 3 is 2.73 bits per heavy atom. The predicted octanol–water partition coefficient (Wildman–Crippen LogP) is 4.16. The molecule has 2 aromatic heterocycles. The highest BCUT2D eigenvalue weighted by atomic mass is 16.5. The largest absolute Gasteiger partial charge is 0.489 e. The van der Waals surface area contributed by atoms with Crippen LogP contribution in [0.25, 0.3) is 0 Å². The Morgan fingerprint density at radius 1 is 1.19 bits per heavy atom. The van der Waals surface area contributed by atoms with Crippen LogP contribution < -0.4 is 15.4 Å². The quantitative estimate of drug-likeness (QED) is 0.692. The third-order valence-corrected chi connectivity index (χ3v) is 3.39. The first-order valence-corrected chi connectivity index (χ1v) is 8.24. The molecule has 2 heterocycles. The van der Waals surface area contributed by atoms with E-state index in [1.165, 1.54) is 0 Å². The minimum absolute atomic E-state index is 0.00428. The van der Waals surface area contributed by atoms with Crippen molar-refractivity contribution < 1.29 is 14.1 Å². The number of pyridine rings is 1. The molecule has 3 rings (SSSR count). The van der Waals surface area contributed by atoms with Crippen LogP contribution in [0.5, 0.6) is 5.75 Å². The fourth-order valence-corrected chi connectivity index (χ4v) is 2.32. The Bertz CT molecular complexity index is 905. The van der Waals surface area contributed by atoms with Crippen LogP contribution in [-0.4, -0.2) is 22.2 Å². The molecular formula is C19H20N4O3. The van der Waals surface area contributed by atoms with E-state index >= 15 is 0 Å². The summed E-state index contributed by atoms with van der Waals surface area (Å²) in [6, 6.07) is 12.4. The molecule has 0 spiro atoms. The van der Waals surface area contributed by atoms with Gasteiger partial charge in [0.1, 0.15) is 17.2 Å². The SMILES string of the molecule is Cc1cc(Nc2ccnc(C(=O)Nc3ccccc3OC(C)C)c2)no1. The Kier molecular flexibility index (Phi) is 5.17. The van der Waals surface area contributed by atoms with Gasteiger partial charge in [0.05, 0.1) is 11.8 Å². The molecule has 0 saturated heterocycles. The first kappa shape index (κ1) is 17.5. The van der Waals surface area contributed by atoms with E-state index in [1.807, 2.05) is 32.0 Å². The molecule has 134 valence electrons. The lowest BCUT2D eigenvalue weighted by atomic mass is 10.2. The van der Waals surface area contributed by atoms with Crippen LogP contribution in [0.3, 0.4) is 0 Å². The number of benzene rings is 1. The summed E-state index contributed by atoms with van der Waals surface area (Å²) in [7, 11) is 0. The van der Waals surface area contributed by atoms with Gasteiger partial charge in [-0.25, -0.2) is 0 Å². The molecular weight excluding hydrogens is 332 g/mol. The van der Waals surface area contributed by atoms with Gasteiger partial charge in [-0.1, -0.05) is 17.3 Å². The standard InChI is InChI=1S/C19H20N4O3/c1-12(2)25-17-7-5-4-6-15(17)22-19(24)16-11-14(8-9-20-16)21-18-10-13(3)26-23-18/h4-12H,1-3H3,(H,22,24)(H,20,21,23). The van der Waals surface area contributed by atoms with Gasteiger partial charge in [-0.15, -0.1) is 0 Å². The van der Waals surface area contributed by atoms with Crippen LogP contribution in [0.4, 0.5) is 17.2 Å². The molecule has 0 radical (unpaired) electrons. The van der Waals surface area contributed by atoms with Gasteiger partial charge in [0, 0.05) is 18.0 Å². The van der Waals surface area contributed by atoms with Gasteiger partial charge in [0.25, 0.3) is 5.91 Å². The van der Waals surface area contributed by atoms with Crippen LogP contribution in [0.15, 0.2) is 53.2 Å². The zero-order valence-corrected chi connectivity index (χ0v) is 14.8. The molecule has 3 aromatic rings. The van der Waals surface area contributed by atoms with Gasteiger partial charge < -0.3 is 19.9 Å². The summed E-state index contributed by atoms with van der Waals surface area (Å²) in [5, 5.41) is 9.78. The molecule has 7 nitrogen and oxygen atoms in total. The van der Waals surface area contributed by atoms with E-state index in [0.29, 0.717) is 28.7 Å². The molecule has 1 aromatic carbocycles. The molecule has 0 fully saturated rings. The monoisotopic (exact) mass is 352 g/mol. The second-order valence-electron chi connectivity index (χ2n) is 5.99. The summed E-state index contributed by atoms with van der Waals surface area (Å²) < 4.78 is 10.7. The number of nitrogens with zero attached hydrogens (tertiary/aromatic N) is 2. The number of rotatable bonds is 6. The number of nitrogens with one attached hydrogen (secondary N) is 2. The van der Waals surface area contributed by atoms with E-state index < -0.39 is 0 Å². The van der Waals surface area contributed by atoms with Crippen molar-refractivity contribution in [2.75, 3.05) is 10.6 Å². The van der Waals surface area contributed by atoms with Crippen molar-refractivity contribution in [3.63, 3.8) is 0 Å². The molecule has 2 N–H and O–H groups in total. The molecule has 0 saturated carbocycles. The topological polar surface area (TPSA) is 89.3 Å². The van der Waals surface area contributed by atoms with E-state index in [9.17, 15) is 4.79 Å². The zero-order chi connectivity index (χ0) is 18.5. The Morgan fingerprint density at radius 2 is 2.00 bits per heavy atom. The van der Waals surface area contributed by atoms with Crippen molar-refractivity contribution in [3.05, 3.63) is 60.1 Å². The molecule has 0 aliphatic heterocycles. The molecule has 1 amide bonds. The van der Waals surface area contributed by atoms with Crippen LogP contribution in [-0.2, 0) is 0 Å². The normalized spacial score (nSPS) is 10.6. The van der Waals surface area contributed by atoms with E-state index in [1.54, 1.807) is 37.4 Å². The lowest BCUT2D eigenvalue weighted by Gasteiger charge is -2.14. The van der Waals surface area contributed by atoms with Crippen molar-refractivity contribution in [2.24, 2.45) is 0 Å². The van der Waals surface area contributed by atoms with Gasteiger partial charge in [-0.2, -0.15) is 0 Å². The highest BCUT2D eigenvalue weighted by Crippen LogP contribution is 2.25. The number of aryl methyl sites for hydroxylation is 1. The summed E-state index contributed by atoms with van der Waals surface area (Å²) >= 11 is 0. The minimum Gasteiger partial charge on any atom is -0.489 e. The number of aromatic nitrogens is 2. The smallest absolute Gasteiger partial charge is 0.274 e. The number of ether oxygens (including phenoxy) is 1. The number of carbonyl (C=O) groups is 1. The molecule has 0 atom stereocenters. The van der Waals surface area contributed by atoms with Crippen molar-refractivity contribution in [3.8, 4) is 5.75 Å². The lowest BCUT2D eigenvalue weighted by Crippen LogP contribution is -2.15. The maximum Gasteiger partial charge on any atom is 0.274 e. The molecule has 0 unspecified atom stereocenters. The van der Waals surface area contributed by atoms with Crippen LogP contribution in [0.2, 0.25) is 0 Å². The Hall–Kier alpha value is -3.35. The van der Waals surface area contributed by atoms with Crippen LogP contribution >= 0.6 is 0 Å². The molecule has 26 heavy (non-hydrogen) atoms. The number of hydrogen-bond acceptors (Lipinski definition) is 6. The molecule has 0 aliphatic carbocycles. The molecule has 0 bridgehead atoms. The summed E-state index contributed by atoms with van der Waals surface area (Å²) in [6.45, 7) is 5.67. The first-order chi connectivity index (χ1) is 12.5. The van der Waals surface area contributed by atoms with Crippen molar-refractivity contribution in [1.82, 2.24) is 10.1 Å². The number of amides is 1. The zero-order valence-electron chi connectivity index (χ0n) is 14.8. The van der Waals surface area contributed by atoms with Gasteiger partial charge in [-0.3, -0.25) is 9.78 Å². The van der Waals surface area contributed by atoms with Crippen LogP contribution in [0, 0.1) is 6.92 Å². The third kappa shape index (κ3) is 4.38. The minimum atomic E-state index is -0.329. The average Bonchev–Trinajstić information content (AvgIpc) is 3.01. The molecule has 7 heteroatoms. The Labute approximate surface area is 151 Å². The highest BCUT2D eigenvalue weighted by molar-refractivity contribution is 6.04.